The van der Waals surface area contributed by atoms with Gasteiger partial charge in [0.05, 0.1) is 11.4 Å². The molecule has 1 amide bonds. The number of anilines is 2. The number of carbonyl (C=O) groups excluding carboxylic acids is 1. The quantitative estimate of drug-likeness (QED) is 0.324. The Morgan fingerprint density at radius 2 is 1.91 bits per heavy atom. The van der Waals surface area contributed by atoms with Crippen LogP contribution in [0.5, 0.6) is 0 Å². The third-order valence-corrected chi connectivity index (χ3v) is 6.93. The zero-order valence-corrected chi connectivity index (χ0v) is 19.0. The molecule has 10 heteroatoms. The molecule has 0 aliphatic heterocycles. The average Bonchev–Trinajstić information content (AvgIpc) is 3.51. The lowest BCUT2D eigenvalue weighted by Crippen LogP contribution is -2.32. The van der Waals surface area contributed by atoms with Gasteiger partial charge in [-0.3, -0.25) is 14.6 Å². The van der Waals surface area contributed by atoms with E-state index >= 15 is 0 Å². The molecule has 1 fully saturated rings. The molecule has 3 N–H and O–H groups in total. The van der Waals surface area contributed by atoms with Crippen molar-refractivity contribution in [2.45, 2.75) is 18.9 Å². The molecule has 0 saturated heterocycles. The summed E-state index contributed by atoms with van der Waals surface area (Å²) in [7, 11) is 0. The lowest BCUT2D eigenvalue weighted by molar-refractivity contribution is -0.765. The summed E-state index contributed by atoms with van der Waals surface area (Å²) >= 11 is 1.09. The number of thiophene rings is 1. The van der Waals surface area contributed by atoms with Gasteiger partial charge in [0, 0.05) is 35.4 Å². The molecule has 0 spiro atoms. The Balaban J connectivity index is 1.48. The second-order valence-electron chi connectivity index (χ2n) is 8.30. The number of aromatic nitrogens is 3. The van der Waals surface area contributed by atoms with Crippen molar-refractivity contribution in [1.82, 2.24) is 10.3 Å². The zero-order chi connectivity index (χ0) is 24.1. The maximum atomic E-state index is 14.9. The molecule has 174 valence electrons. The van der Waals surface area contributed by atoms with Crippen LogP contribution in [0.15, 0.2) is 65.3 Å². The number of carbonyl (C=O) groups is 1. The number of nitrogens with two attached hydrogens (primary N) is 1. The van der Waals surface area contributed by atoms with Crippen molar-refractivity contribution in [3.63, 3.8) is 0 Å². The van der Waals surface area contributed by atoms with Crippen molar-refractivity contribution in [3.05, 3.63) is 77.3 Å². The van der Waals surface area contributed by atoms with Gasteiger partial charge in [0.25, 0.3) is 12.1 Å². The number of benzene rings is 2. The van der Waals surface area contributed by atoms with E-state index in [0.29, 0.717) is 27.5 Å². The molecule has 2 aromatic carbocycles. The number of hydrogen-bond acceptors (Lipinski definition) is 6. The van der Waals surface area contributed by atoms with E-state index in [-0.39, 0.29) is 22.0 Å². The van der Waals surface area contributed by atoms with Crippen LogP contribution in [0.4, 0.5) is 20.4 Å². The predicted molar refractivity (Wildman–Crippen MR) is 128 cm³/mol. The van der Waals surface area contributed by atoms with Crippen LogP contribution < -0.4 is 15.7 Å². The van der Waals surface area contributed by atoms with E-state index in [1.807, 2.05) is 30.3 Å². The fourth-order valence-corrected chi connectivity index (χ4v) is 4.98. The highest BCUT2D eigenvalue weighted by atomic mass is 32.1. The molecule has 0 unspecified atom stereocenters. The van der Waals surface area contributed by atoms with E-state index < -0.39 is 17.5 Å². The minimum absolute atomic E-state index is 0.155. The highest BCUT2D eigenvalue weighted by Crippen LogP contribution is 2.42. The molecule has 35 heavy (non-hydrogen) atoms. The number of pyridine rings is 1. The standard InChI is InChI=1S/C25H17F2N5O2S/c26-14-6-9-16(18(27)10-14)17-11-19(13-4-2-1-3-5-13)29-25-21(17)22(28)23(35-25)24(33)30-20-12-32(31-34-20)15-7-8-15/h1-6,9-12,15H,7-8H2,(H2-,28,30,31,33)/p+1. The molecule has 6 rings (SSSR count). The zero-order valence-electron chi connectivity index (χ0n) is 18.2. The average molecular weight is 491 g/mol. The van der Waals surface area contributed by atoms with Crippen LogP contribution in [-0.2, 0) is 0 Å². The second kappa shape index (κ2) is 8.24. The minimum Gasteiger partial charge on any atom is -0.397 e. The summed E-state index contributed by atoms with van der Waals surface area (Å²) in [6, 6.07) is 14.7. The largest absolute Gasteiger partial charge is 0.397 e. The van der Waals surface area contributed by atoms with Gasteiger partial charge in [-0.15, -0.1) is 11.3 Å². The highest BCUT2D eigenvalue weighted by Gasteiger charge is 2.36. The Hall–Kier alpha value is -4.18. The summed E-state index contributed by atoms with van der Waals surface area (Å²) < 4.78 is 35.4. The van der Waals surface area contributed by atoms with Crippen LogP contribution in [0.1, 0.15) is 28.6 Å². The van der Waals surface area contributed by atoms with Gasteiger partial charge >= 0.3 is 5.88 Å². The Morgan fingerprint density at radius 1 is 1.11 bits per heavy atom. The summed E-state index contributed by atoms with van der Waals surface area (Å²) in [5.41, 5.74) is 8.55. The van der Waals surface area contributed by atoms with E-state index in [0.717, 1.165) is 35.8 Å². The molecular weight excluding hydrogens is 472 g/mol. The van der Waals surface area contributed by atoms with Crippen LogP contribution in [0.3, 0.4) is 0 Å². The number of hydrogen-bond donors (Lipinski definition) is 2. The molecular formula is C25H18F2N5O2S+. The number of nitrogens with zero attached hydrogens (tertiary/aromatic N) is 3. The first-order valence-corrected chi connectivity index (χ1v) is 11.7. The fourth-order valence-electron chi connectivity index (χ4n) is 3.96. The number of nitrogen functional groups attached to an aromatic ring is 1. The summed E-state index contributed by atoms with van der Waals surface area (Å²) in [6.45, 7) is 0. The van der Waals surface area contributed by atoms with Gasteiger partial charge in [0.2, 0.25) is 5.27 Å². The van der Waals surface area contributed by atoms with Crippen LogP contribution >= 0.6 is 11.3 Å². The van der Waals surface area contributed by atoms with Crippen LogP contribution in [-0.4, -0.2) is 16.2 Å². The topological polar surface area (TPSA) is 97.9 Å². The van der Waals surface area contributed by atoms with Crippen molar-refractivity contribution in [1.29, 1.82) is 0 Å². The molecule has 0 bridgehead atoms. The van der Waals surface area contributed by atoms with E-state index in [1.54, 1.807) is 16.9 Å². The number of amides is 1. The first-order chi connectivity index (χ1) is 17.0. The van der Waals surface area contributed by atoms with Crippen molar-refractivity contribution < 1.29 is 22.8 Å². The predicted octanol–water partition coefficient (Wildman–Crippen LogP) is 5.35. The highest BCUT2D eigenvalue weighted by molar-refractivity contribution is 7.21. The van der Waals surface area contributed by atoms with Gasteiger partial charge < -0.3 is 5.73 Å². The molecule has 1 saturated carbocycles. The van der Waals surface area contributed by atoms with Gasteiger partial charge in [-0.25, -0.2) is 13.8 Å². The lowest BCUT2D eigenvalue weighted by atomic mass is 9.99. The molecule has 3 heterocycles. The Labute approximate surface area is 201 Å². The summed E-state index contributed by atoms with van der Waals surface area (Å²) in [6.07, 6.45) is 3.67. The number of rotatable bonds is 5. The van der Waals surface area contributed by atoms with Crippen molar-refractivity contribution in [2.75, 3.05) is 11.1 Å². The maximum Gasteiger partial charge on any atom is 0.302 e. The van der Waals surface area contributed by atoms with Gasteiger partial charge in [0.15, 0.2) is 6.04 Å². The number of nitrogens with one attached hydrogen (secondary N) is 1. The summed E-state index contributed by atoms with van der Waals surface area (Å²) in [5.74, 6) is -1.72. The minimum atomic E-state index is -0.737. The SMILES string of the molecule is Nc1c(C(=O)Nc2c[n+](C3CC3)no2)sc2nc(-c3ccccc3)cc(-c3ccc(F)cc3F)c12. The van der Waals surface area contributed by atoms with Gasteiger partial charge in [-0.1, -0.05) is 30.3 Å². The first kappa shape index (κ1) is 21.4. The molecule has 1 aliphatic rings. The number of fused-ring (bicyclic) bond motifs is 1. The van der Waals surface area contributed by atoms with E-state index in [9.17, 15) is 13.6 Å². The van der Waals surface area contributed by atoms with Crippen LogP contribution in [0.2, 0.25) is 0 Å². The normalized spacial score (nSPS) is 13.3. The lowest BCUT2D eigenvalue weighted by Gasteiger charge is -2.10. The third kappa shape index (κ3) is 3.91. The van der Waals surface area contributed by atoms with Crippen molar-refractivity contribution >= 4 is 39.0 Å². The summed E-state index contributed by atoms with van der Waals surface area (Å²) in [5, 5.41) is 7.02. The molecule has 5 aromatic rings. The van der Waals surface area contributed by atoms with Crippen molar-refractivity contribution in [2.24, 2.45) is 0 Å². The van der Waals surface area contributed by atoms with Crippen LogP contribution in [0, 0.1) is 11.6 Å². The fraction of sp³-hybridized carbons (Fsp3) is 0.120. The first-order valence-electron chi connectivity index (χ1n) is 10.9. The number of halogens is 2. The third-order valence-electron chi connectivity index (χ3n) is 5.84. The smallest absolute Gasteiger partial charge is 0.302 e. The second-order valence-corrected chi connectivity index (χ2v) is 9.30. The van der Waals surface area contributed by atoms with E-state index in [2.05, 4.69) is 10.6 Å². The summed E-state index contributed by atoms with van der Waals surface area (Å²) in [4.78, 5) is 18.5. The van der Waals surface area contributed by atoms with Gasteiger partial charge in [-0.2, -0.15) is 0 Å². The molecule has 1 aliphatic carbocycles. The van der Waals surface area contributed by atoms with E-state index in [4.69, 9.17) is 15.2 Å². The van der Waals surface area contributed by atoms with Gasteiger partial charge in [0.1, 0.15) is 21.3 Å². The van der Waals surface area contributed by atoms with Crippen molar-refractivity contribution in [3.8, 4) is 22.4 Å². The monoisotopic (exact) mass is 490 g/mol. The molecule has 3 aromatic heterocycles. The maximum absolute atomic E-state index is 14.9. The molecule has 0 atom stereocenters. The Morgan fingerprint density at radius 3 is 2.66 bits per heavy atom. The molecule has 0 radical (unpaired) electrons. The Kier molecular flexibility index (Phi) is 5.03. The Bertz CT molecular complexity index is 1590. The van der Waals surface area contributed by atoms with E-state index in [1.165, 1.54) is 12.1 Å². The van der Waals surface area contributed by atoms with Gasteiger partial charge in [-0.05, 0) is 28.4 Å². The van der Waals surface area contributed by atoms with Crippen LogP contribution in [0.25, 0.3) is 32.6 Å². The molecule has 7 nitrogen and oxygen atoms in total.